The highest BCUT2D eigenvalue weighted by Gasteiger charge is 2.28. The maximum atomic E-state index is 13.6. The first-order valence-electron chi connectivity index (χ1n) is 12.2. The number of nitrogens with zero attached hydrogens (tertiary/aromatic N) is 1. The Labute approximate surface area is 211 Å². The quantitative estimate of drug-likeness (QED) is 0.492. The molecular weight excluding hydrogens is 458 g/mol. The van der Waals surface area contributed by atoms with Crippen LogP contribution in [0.25, 0.3) is 11.1 Å². The average Bonchev–Trinajstić information content (AvgIpc) is 3.31. The molecule has 0 radical (unpaired) electrons. The summed E-state index contributed by atoms with van der Waals surface area (Å²) in [5, 5.41) is 0. The average molecular weight is 490 g/mol. The first kappa shape index (κ1) is 24.0. The van der Waals surface area contributed by atoms with Gasteiger partial charge < -0.3 is 28.6 Å². The fourth-order valence-electron chi connectivity index (χ4n) is 4.73. The summed E-state index contributed by atoms with van der Waals surface area (Å²) in [5.74, 6) is 2.37. The van der Waals surface area contributed by atoms with E-state index in [4.69, 9.17) is 23.7 Å². The standard InChI is InChI=1S/C29H31NO6/c1-19-6-4-5-7-24(19)20-14-21-17-30(29(31)25-9-8-22(32-2)16-26(25)33-3)11-13-35-28(21)27(15-20)36-23-10-12-34-18-23/h4-9,14-16,23H,10-13,17-18H2,1-3H3. The Hall–Kier alpha value is -3.71. The van der Waals surface area contributed by atoms with Crippen LogP contribution in [-0.4, -0.2) is 57.5 Å². The summed E-state index contributed by atoms with van der Waals surface area (Å²) in [5.41, 5.74) is 4.70. The fourth-order valence-corrected chi connectivity index (χ4v) is 4.73. The van der Waals surface area contributed by atoms with E-state index in [0.717, 1.165) is 28.7 Å². The van der Waals surface area contributed by atoms with Crippen molar-refractivity contribution >= 4 is 5.91 Å². The lowest BCUT2D eigenvalue weighted by Crippen LogP contribution is -2.32. The number of ether oxygens (including phenoxy) is 5. The van der Waals surface area contributed by atoms with Crippen LogP contribution in [0.15, 0.2) is 54.6 Å². The first-order chi connectivity index (χ1) is 17.6. The van der Waals surface area contributed by atoms with Gasteiger partial charge in [0.2, 0.25) is 0 Å². The smallest absolute Gasteiger partial charge is 0.258 e. The summed E-state index contributed by atoms with van der Waals surface area (Å²) >= 11 is 0. The van der Waals surface area contributed by atoms with Crippen LogP contribution in [0, 0.1) is 6.92 Å². The van der Waals surface area contributed by atoms with Gasteiger partial charge in [0.05, 0.1) is 39.5 Å². The van der Waals surface area contributed by atoms with Crippen LogP contribution in [0.4, 0.5) is 0 Å². The number of benzene rings is 3. The molecule has 2 heterocycles. The normalized spacial score (nSPS) is 17.1. The molecule has 0 saturated carbocycles. The third kappa shape index (κ3) is 4.84. The van der Waals surface area contributed by atoms with Crippen molar-refractivity contribution in [3.05, 3.63) is 71.3 Å². The van der Waals surface area contributed by atoms with Crippen LogP contribution in [0.1, 0.15) is 27.9 Å². The highest BCUT2D eigenvalue weighted by atomic mass is 16.6. The minimum Gasteiger partial charge on any atom is -0.497 e. The largest absolute Gasteiger partial charge is 0.497 e. The van der Waals surface area contributed by atoms with E-state index in [1.807, 2.05) is 18.2 Å². The van der Waals surface area contributed by atoms with Gasteiger partial charge in [0.1, 0.15) is 24.2 Å². The van der Waals surface area contributed by atoms with Gasteiger partial charge in [-0.25, -0.2) is 0 Å². The molecule has 0 N–H and O–H groups in total. The van der Waals surface area contributed by atoms with Crippen molar-refractivity contribution in [2.75, 3.05) is 40.6 Å². The van der Waals surface area contributed by atoms with Gasteiger partial charge >= 0.3 is 0 Å². The van der Waals surface area contributed by atoms with Crippen molar-refractivity contribution in [3.63, 3.8) is 0 Å². The summed E-state index contributed by atoms with van der Waals surface area (Å²) < 4.78 is 28.9. The molecule has 0 aliphatic carbocycles. The number of hydrogen-bond donors (Lipinski definition) is 0. The van der Waals surface area contributed by atoms with Crippen molar-refractivity contribution in [1.82, 2.24) is 4.90 Å². The molecule has 2 aliphatic heterocycles. The summed E-state index contributed by atoms with van der Waals surface area (Å²) in [7, 11) is 3.14. The number of carbonyl (C=O) groups is 1. The molecule has 3 aromatic carbocycles. The number of hydrogen-bond acceptors (Lipinski definition) is 6. The lowest BCUT2D eigenvalue weighted by Gasteiger charge is -2.22. The van der Waals surface area contributed by atoms with Gasteiger partial charge in [0.25, 0.3) is 5.91 Å². The Morgan fingerprint density at radius 1 is 1.00 bits per heavy atom. The number of fused-ring (bicyclic) bond motifs is 1. The van der Waals surface area contributed by atoms with E-state index >= 15 is 0 Å². The summed E-state index contributed by atoms with van der Waals surface area (Å²) in [6.07, 6.45) is 0.819. The van der Waals surface area contributed by atoms with Crippen LogP contribution in [0.2, 0.25) is 0 Å². The van der Waals surface area contributed by atoms with Gasteiger partial charge in [0, 0.05) is 24.6 Å². The van der Waals surface area contributed by atoms with Crippen molar-refractivity contribution in [2.24, 2.45) is 0 Å². The second kappa shape index (κ2) is 10.5. The maximum Gasteiger partial charge on any atom is 0.258 e. The zero-order valence-electron chi connectivity index (χ0n) is 20.9. The molecule has 0 aromatic heterocycles. The molecule has 5 rings (SSSR count). The zero-order valence-corrected chi connectivity index (χ0v) is 20.9. The highest BCUT2D eigenvalue weighted by molar-refractivity contribution is 5.97. The van der Waals surface area contributed by atoms with E-state index in [2.05, 4.69) is 25.1 Å². The second-order valence-corrected chi connectivity index (χ2v) is 9.02. The summed E-state index contributed by atoms with van der Waals surface area (Å²) in [4.78, 5) is 15.4. The Bertz CT molecular complexity index is 1250. The van der Waals surface area contributed by atoms with Crippen molar-refractivity contribution in [1.29, 1.82) is 0 Å². The Morgan fingerprint density at radius 3 is 2.61 bits per heavy atom. The maximum absolute atomic E-state index is 13.6. The Morgan fingerprint density at radius 2 is 1.86 bits per heavy atom. The lowest BCUT2D eigenvalue weighted by molar-refractivity contribution is 0.0729. The fraction of sp³-hybridized carbons (Fsp3) is 0.345. The Balaban J connectivity index is 1.52. The van der Waals surface area contributed by atoms with Crippen LogP contribution < -0.4 is 18.9 Å². The third-order valence-electron chi connectivity index (χ3n) is 6.66. The van der Waals surface area contributed by atoms with E-state index < -0.39 is 0 Å². The number of carbonyl (C=O) groups excluding carboxylic acids is 1. The van der Waals surface area contributed by atoms with E-state index in [1.54, 1.807) is 37.3 Å². The van der Waals surface area contributed by atoms with Crippen LogP contribution in [0.3, 0.4) is 0 Å². The van der Waals surface area contributed by atoms with Gasteiger partial charge in [-0.3, -0.25) is 4.79 Å². The third-order valence-corrected chi connectivity index (χ3v) is 6.66. The molecular formula is C29H31NO6. The van der Waals surface area contributed by atoms with Crippen LogP contribution >= 0.6 is 0 Å². The molecule has 1 fully saturated rings. The molecule has 7 heteroatoms. The minimum absolute atomic E-state index is 0.0191. The second-order valence-electron chi connectivity index (χ2n) is 9.02. The van der Waals surface area contributed by atoms with E-state index in [1.165, 1.54) is 0 Å². The number of amides is 1. The molecule has 2 aliphatic rings. The highest BCUT2D eigenvalue weighted by Crippen LogP contribution is 2.40. The van der Waals surface area contributed by atoms with Crippen molar-refractivity contribution < 1.29 is 28.5 Å². The summed E-state index contributed by atoms with van der Waals surface area (Å²) in [6, 6.07) is 17.6. The molecule has 0 bridgehead atoms. The van der Waals surface area contributed by atoms with Gasteiger partial charge in [-0.1, -0.05) is 24.3 Å². The summed E-state index contributed by atoms with van der Waals surface area (Å²) in [6.45, 7) is 4.53. The zero-order chi connectivity index (χ0) is 25.1. The predicted octanol–water partition coefficient (Wildman–Crippen LogP) is 4.88. The first-order valence-corrected chi connectivity index (χ1v) is 12.2. The van der Waals surface area contributed by atoms with E-state index in [0.29, 0.717) is 61.5 Å². The monoisotopic (exact) mass is 489 g/mol. The van der Waals surface area contributed by atoms with Crippen molar-refractivity contribution in [2.45, 2.75) is 26.0 Å². The van der Waals surface area contributed by atoms with E-state index in [-0.39, 0.29) is 12.0 Å². The van der Waals surface area contributed by atoms with E-state index in [9.17, 15) is 4.79 Å². The van der Waals surface area contributed by atoms with Crippen LogP contribution in [0.5, 0.6) is 23.0 Å². The SMILES string of the molecule is COc1ccc(C(=O)N2CCOc3c(cc(-c4ccccc4C)cc3OC3CCOC3)C2)c(OC)c1. The van der Waals surface area contributed by atoms with Crippen molar-refractivity contribution in [3.8, 4) is 34.1 Å². The number of aryl methyl sites for hydroxylation is 1. The minimum atomic E-state index is -0.126. The lowest BCUT2D eigenvalue weighted by atomic mass is 9.97. The molecule has 1 amide bonds. The molecule has 1 atom stereocenters. The number of methoxy groups -OCH3 is 2. The molecule has 0 spiro atoms. The molecule has 1 unspecified atom stereocenters. The van der Waals surface area contributed by atoms with Crippen LogP contribution in [-0.2, 0) is 11.3 Å². The molecule has 36 heavy (non-hydrogen) atoms. The molecule has 7 nitrogen and oxygen atoms in total. The molecule has 1 saturated heterocycles. The van der Waals surface area contributed by atoms with Gasteiger partial charge in [-0.2, -0.15) is 0 Å². The number of rotatable bonds is 6. The Kier molecular flexibility index (Phi) is 7.00. The van der Waals surface area contributed by atoms with Gasteiger partial charge in [-0.05, 0) is 47.9 Å². The molecule has 188 valence electrons. The predicted molar refractivity (Wildman–Crippen MR) is 136 cm³/mol. The van der Waals surface area contributed by atoms with Gasteiger partial charge in [-0.15, -0.1) is 0 Å². The van der Waals surface area contributed by atoms with Gasteiger partial charge in [0.15, 0.2) is 11.5 Å². The topological polar surface area (TPSA) is 66.5 Å². The molecule has 3 aromatic rings.